The summed E-state index contributed by atoms with van der Waals surface area (Å²) in [5.41, 5.74) is 0.922. The van der Waals surface area contributed by atoms with Gasteiger partial charge in [0.1, 0.15) is 6.10 Å². The number of rotatable bonds is 6. The van der Waals surface area contributed by atoms with Gasteiger partial charge in [-0.25, -0.2) is 0 Å². The van der Waals surface area contributed by atoms with Crippen molar-refractivity contribution in [3.8, 4) is 0 Å². The lowest BCUT2D eigenvalue weighted by molar-refractivity contribution is -0.140. The van der Waals surface area contributed by atoms with E-state index in [9.17, 15) is 14.7 Å². The van der Waals surface area contributed by atoms with Crippen LogP contribution in [0, 0.1) is 0 Å². The first kappa shape index (κ1) is 19.5. The van der Waals surface area contributed by atoms with E-state index >= 15 is 0 Å². The third kappa shape index (κ3) is 5.63. The molecule has 146 valence electrons. The topological polar surface area (TPSA) is 88.1 Å². The van der Waals surface area contributed by atoms with Crippen molar-refractivity contribution < 1.29 is 24.2 Å². The molecule has 0 spiro atoms. The molecule has 0 unspecified atom stereocenters. The Morgan fingerprint density at radius 1 is 1.15 bits per heavy atom. The molecule has 1 fully saturated rings. The first-order chi connectivity index (χ1) is 13.2. The van der Waals surface area contributed by atoms with Crippen LogP contribution in [0.4, 0.5) is 0 Å². The van der Waals surface area contributed by atoms with Crippen LogP contribution in [-0.2, 0) is 25.5 Å². The fraction of sp³-hybridized carbons (Fsp3) is 0.500. The number of morpholine rings is 1. The van der Waals surface area contributed by atoms with Crippen LogP contribution in [-0.4, -0.2) is 73.0 Å². The van der Waals surface area contributed by atoms with Crippen molar-refractivity contribution >= 4 is 11.8 Å². The van der Waals surface area contributed by atoms with Gasteiger partial charge in [-0.2, -0.15) is 0 Å². The molecule has 2 amide bonds. The van der Waals surface area contributed by atoms with Gasteiger partial charge >= 0.3 is 0 Å². The maximum atomic E-state index is 12.3. The number of amides is 2. The molecule has 7 nitrogen and oxygen atoms in total. The predicted molar refractivity (Wildman–Crippen MR) is 99.0 cm³/mol. The molecular formula is C20H26N2O5. The lowest BCUT2D eigenvalue weighted by atomic mass is 10.0. The number of carbonyl (C=O) groups is 2. The van der Waals surface area contributed by atoms with Gasteiger partial charge in [-0.15, -0.1) is 0 Å². The van der Waals surface area contributed by atoms with Gasteiger partial charge in [0.2, 0.25) is 11.8 Å². The number of aliphatic hydroxyl groups is 1. The molecule has 1 aromatic carbocycles. The van der Waals surface area contributed by atoms with Crippen LogP contribution in [0.5, 0.6) is 0 Å². The molecule has 3 rings (SSSR count). The van der Waals surface area contributed by atoms with E-state index in [0.717, 1.165) is 5.56 Å². The highest BCUT2D eigenvalue weighted by Crippen LogP contribution is 2.17. The molecule has 0 aliphatic carbocycles. The second-order valence-corrected chi connectivity index (χ2v) is 6.73. The molecule has 0 radical (unpaired) electrons. The average molecular weight is 374 g/mol. The van der Waals surface area contributed by atoms with Crippen LogP contribution in [0.25, 0.3) is 0 Å². The van der Waals surface area contributed by atoms with E-state index in [-0.39, 0.29) is 31.3 Å². The molecule has 7 heteroatoms. The standard InChI is InChI=1S/C20H26N2O5/c23-14-18-17(21-19(24)12-15-4-2-1-3-5-15)7-6-16(27-18)13-20(25)22-8-10-26-11-9-22/h1-7,16-18,23H,8-14H2,(H,21,24)/t16-,17-,18+/m1/s1. The lowest BCUT2D eigenvalue weighted by Crippen LogP contribution is -2.50. The molecule has 0 saturated carbocycles. The summed E-state index contributed by atoms with van der Waals surface area (Å²) in [5, 5.41) is 12.5. The summed E-state index contributed by atoms with van der Waals surface area (Å²) in [7, 11) is 0. The van der Waals surface area contributed by atoms with Gasteiger partial charge in [-0.1, -0.05) is 42.5 Å². The van der Waals surface area contributed by atoms with Gasteiger partial charge < -0.3 is 24.8 Å². The minimum Gasteiger partial charge on any atom is -0.394 e. The second-order valence-electron chi connectivity index (χ2n) is 6.73. The van der Waals surface area contributed by atoms with E-state index in [1.807, 2.05) is 36.4 Å². The zero-order chi connectivity index (χ0) is 19.1. The summed E-state index contributed by atoms with van der Waals surface area (Å²) in [6, 6.07) is 9.05. The fourth-order valence-corrected chi connectivity index (χ4v) is 3.27. The molecule has 1 aromatic rings. The van der Waals surface area contributed by atoms with Crippen LogP contribution >= 0.6 is 0 Å². The number of hydrogen-bond acceptors (Lipinski definition) is 5. The van der Waals surface area contributed by atoms with Crippen molar-refractivity contribution in [2.45, 2.75) is 31.1 Å². The number of aliphatic hydroxyl groups excluding tert-OH is 1. The van der Waals surface area contributed by atoms with Gasteiger partial charge in [-0.05, 0) is 5.56 Å². The zero-order valence-electron chi connectivity index (χ0n) is 15.3. The van der Waals surface area contributed by atoms with Crippen molar-refractivity contribution in [3.05, 3.63) is 48.0 Å². The Labute approximate surface area is 158 Å². The lowest BCUT2D eigenvalue weighted by Gasteiger charge is -2.33. The van der Waals surface area contributed by atoms with E-state index in [2.05, 4.69) is 5.32 Å². The SMILES string of the molecule is O=C(Cc1ccccc1)N[C@@H]1C=C[C@H](CC(=O)N2CCOCC2)O[C@H]1CO. The van der Waals surface area contributed by atoms with Crippen molar-refractivity contribution in [3.63, 3.8) is 0 Å². The van der Waals surface area contributed by atoms with Gasteiger partial charge in [-0.3, -0.25) is 9.59 Å². The van der Waals surface area contributed by atoms with Crippen molar-refractivity contribution in [2.75, 3.05) is 32.9 Å². The van der Waals surface area contributed by atoms with Gasteiger partial charge in [0.05, 0.1) is 44.8 Å². The molecule has 2 aliphatic heterocycles. The first-order valence-electron chi connectivity index (χ1n) is 9.29. The number of nitrogens with zero attached hydrogens (tertiary/aromatic N) is 1. The van der Waals surface area contributed by atoms with E-state index in [1.54, 1.807) is 11.0 Å². The average Bonchev–Trinajstić information content (AvgIpc) is 2.70. The maximum absolute atomic E-state index is 12.3. The molecule has 0 aromatic heterocycles. The Bertz CT molecular complexity index is 658. The zero-order valence-corrected chi connectivity index (χ0v) is 15.3. The third-order valence-corrected chi connectivity index (χ3v) is 4.74. The molecule has 27 heavy (non-hydrogen) atoms. The summed E-state index contributed by atoms with van der Waals surface area (Å²) in [6.45, 7) is 2.07. The van der Waals surface area contributed by atoms with Gasteiger partial charge in [0, 0.05) is 13.1 Å². The molecule has 2 aliphatic rings. The Kier molecular flexibility index (Phi) is 6.98. The van der Waals surface area contributed by atoms with Crippen molar-refractivity contribution in [1.82, 2.24) is 10.2 Å². The van der Waals surface area contributed by atoms with Crippen LogP contribution in [0.15, 0.2) is 42.5 Å². The normalized spacial score (nSPS) is 25.2. The van der Waals surface area contributed by atoms with Crippen LogP contribution in [0.1, 0.15) is 12.0 Å². The predicted octanol–water partition coefficient (Wildman–Crippen LogP) is 0.279. The first-order valence-corrected chi connectivity index (χ1v) is 9.29. The summed E-state index contributed by atoms with van der Waals surface area (Å²) >= 11 is 0. The summed E-state index contributed by atoms with van der Waals surface area (Å²) in [4.78, 5) is 26.4. The molecule has 1 saturated heterocycles. The van der Waals surface area contributed by atoms with E-state index in [0.29, 0.717) is 26.3 Å². The Hall–Kier alpha value is -2.22. The minimum absolute atomic E-state index is 0.0104. The minimum atomic E-state index is -0.572. The van der Waals surface area contributed by atoms with E-state index < -0.39 is 18.2 Å². The molecule has 3 atom stereocenters. The molecule has 2 N–H and O–H groups in total. The Morgan fingerprint density at radius 3 is 2.59 bits per heavy atom. The molecule has 0 bridgehead atoms. The van der Waals surface area contributed by atoms with Crippen molar-refractivity contribution in [1.29, 1.82) is 0 Å². The summed E-state index contributed by atoms with van der Waals surface area (Å²) in [6.07, 6.45) is 3.11. The maximum Gasteiger partial charge on any atom is 0.225 e. The number of ether oxygens (including phenoxy) is 2. The molecular weight excluding hydrogens is 348 g/mol. The number of carbonyl (C=O) groups excluding carboxylic acids is 2. The smallest absolute Gasteiger partial charge is 0.225 e. The van der Waals surface area contributed by atoms with Gasteiger partial charge in [0.25, 0.3) is 0 Å². The van der Waals surface area contributed by atoms with Crippen LogP contribution < -0.4 is 5.32 Å². The fourth-order valence-electron chi connectivity index (χ4n) is 3.27. The summed E-state index contributed by atoms with van der Waals surface area (Å²) < 4.78 is 11.1. The van der Waals surface area contributed by atoms with E-state index in [1.165, 1.54) is 0 Å². The van der Waals surface area contributed by atoms with Crippen LogP contribution in [0.2, 0.25) is 0 Å². The molecule has 2 heterocycles. The third-order valence-electron chi connectivity index (χ3n) is 4.74. The highest BCUT2D eigenvalue weighted by Gasteiger charge is 2.30. The van der Waals surface area contributed by atoms with E-state index in [4.69, 9.17) is 9.47 Å². The number of benzene rings is 1. The van der Waals surface area contributed by atoms with Crippen molar-refractivity contribution in [2.24, 2.45) is 0 Å². The second kappa shape index (κ2) is 9.64. The highest BCUT2D eigenvalue weighted by molar-refractivity contribution is 5.79. The Balaban J connectivity index is 1.52. The Morgan fingerprint density at radius 2 is 1.89 bits per heavy atom. The highest BCUT2D eigenvalue weighted by atomic mass is 16.5. The monoisotopic (exact) mass is 374 g/mol. The largest absolute Gasteiger partial charge is 0.394 e. The quantitative estimate of drug-likeness (QED) is 0.699. The van der Waals surface area contributed by atoms with Crippen LogP contribution in [0.3, 0.4) is 0 Å². The number of nitrogens with one attached hydrogen (secondary N) is 1. The van der Waals surface area contributed by atoms with Gasteiger partial charge in [0.15, 0.2) is 0 Å². The summed E-state index contributed by atoms with van der Waals surface area (Å²) in [5.74, 6) is -0.128. The number of hydrogen-bond donors (Lipinski definition) is 2.